The fourth-order valence-electron chi connectivity index (χ4n) is 3.36. The Bertz CT molecular complexity index is 1010. The van der Waals surface area contributed by atoms with Crippen LogP contribution in [0.5, 0.6) is 0 Å². The normalized spacial score (nSPS) is 14.9. The van der Waals surface area contributed by atoms with E-state index in [-0.39, 0.29) is 29.8 Å². The van der Waals surface area contributed by atoms with Gasteiger partial charge in [-0.05, 0) is 36.4 Å². The van der Waals surface area contributed by atoms with Crippen LogP contribution in [0.15, 0.2) is 72.1 Å². The van der Waals surface area contributed by atoms with Crippen molar-refractivity contribution < 1.29 is 18.0 Å². The van der Waals surface area contributed by atoms with Crippen molar-refractivity contribution in [3.05, 3.63) is 72.8 Å². The lowest BCUT2D eigenvalue weighted by Gasteiger charge is -2.33. The lowest BCUT2D eigenvalue weighted by Crippen LogP contribution is -2.49. The van der Waals surface area contributed by atoms with Crippen LogP contribution in [0.3, 0.4) is 0 Å². The van der Waals surface area contributed by atoms with Gasteiger partial charge in [-0.25, -0.2) is 8.42 Å². The predicted octanol–water partition coefficient (Wildman–Crippen LogP) is 2.37. The Morgan fingerprint density at radius 2 is 1.60 bits per heavy atom. The Morgan fingerprint density at radius 1 is 1.00 bits per heavy atom. The van der Waals surface area contributed by atoms with Gasteiger partial charge < -0.3 is 9.80 Å². The van der Waals surface area contributed by atoms with E-state index in [4.69, 9.17) is 0 Å². The van der Waals surface area contributed by atoms with Crippen molar-refractivity contribution in [2.24, 2.45) is 0 Å². The first-order valence-electron chi connectivity index (χ1n) is 9.68. The first-order valence-corrected chi connectivity index (χ1v) is 11.1. The van der Waals surface area contributed by atoms with Crippen LogP contribution in [0.4, 0.5) is 5.69 Å². The fourth-order valence-corrected chi connectivity index (χ4v) is 4.78. The van der Waals surface area contributed by atoms with E-state index in [1.807, 2.05) is 30.3 Å². The third-order valence-corrected chi connectivity index (χ3v) is 6.96. The molecule has 0 unspecified atom stereocenters. The number of rotatable bonds is 6. The van der Waals surface area contributed by atoms with Gasteiger partial charge in [-0.2, -0.15) is 4.31 Å². The molecule has 2 amide bonds. The van der Waals surface area contributed by atoms with Crippen LogP contribution in [0.25, 0.3) is 0 Å². The van der Waals surface area contributed by atoms with Crippen molar-refractivity contribution in [1.82, 2.24) is 9.21 Å². The Balaban J connectivity index is 1.77. The summed E-state index contributed by atoms with van der Waals surface area (Å²) in [6.45, 7) is 6.78. The summed E-state index contributed by atoms with van der Waals surface area (Å²) in [6.07, 6.45) is 1.64. The first-order chi connectivity index (χ1) is 14.3. The summed E-state index contributed by atoms with van der Waals surface area (Å²) in [6, 6.07) is 15.2. The molecule has 0 bridgehead atoms. The Labute approximate surface area is 177 Å². The van der Waals surface area contributed by atoms with Gasteiger partial charge in [-0.1, -0.05) is 24.3 Å². The second-order valence-corrected chi connectivity index (χ2v) is 8.91. The monoisotopic (exact) mass is 427 g/mol. The van der Waals surface area contributed by atoms with Crippen molar-refractivity contribution in [1.29, 1.82) is 0 Å². The van der Waals surface area contributed by atoms with E-state index in [0.29, 0.717) is 25.2 Å². The summed E-state index contributed by atoms with van der Waals surface area (Å²) in [5.74, 6) is -0.294. The van der Waals surface area contributed by atoms with E-state index in [9.17, 15) is 18.0 Å². The molecule has 7 nitrogen and oxygen atoms in total. The first kappa shape index (κ1) is 21.7. The molecule has 0 saturated carbocycles. The number of piperazine rings is 1. The van der Waals surface area contributed by atoms with Crippen LogP contribution in [0.1, 0.15) is 17.3 Å². The number of anilines is 1. The molecule has 1 heterocycles. The van der Waals surface area contributed by atoms with E-state index >= 15 is 0 Å². The van der Waals surface area contributed by atoms with Crippen molar-refractivity contribution in [3.63, 3.8) is 0 Å². The summed E-state index contributed by atoms with van der Waals surface area (Å²) >= 11 is 0. The van der Waals surface area contributed by atoms with Gasteiger partial charge >= 0.3 is 0 Å². The zero-order valence-corrected chi connectivity index (χ0v) is 17.7. The zero-order chi connectivity index (χ0) is 21.7. The molecule has 2 aromatic carbocycles. The third kappa shape index (κ3) is 4.60. The molecule has 1 fully saturated rings. The van der Waals surface area contributed by atoms with E-state index in [0.717, 1.165) is 5.69 Å². The highest BCUT2D eigenvalue weighted by molar-refractivity contribution is 7.89. The molecule has 158 valence electrons. The fraction of sp³-hybridized carbons (Fsp3) is 0.273. The number of amides is 2. The van der Waals surface area contributed by atoms with Crippen LogP contribution < -0.4 is 4.90 Å². The SMILES string of the molecule is C=CCN(C(=O)c1ccc(S(=O)(=O)N2CCN(C(C)=O)CC2)cc1)c1ccccc1. The maximum atomic E-state index is 13.0. The van der Waals surface area contributed by atoms with Crippen LogP contribution >= 0.6 is 0 Å². The number of benzene rings is 2. The Kier molecular flexibility index (Phi) is 6.69. The number of hydrogen-bond acceptors (Lipinski definition) is 4. The molecule has 1 saturated heterocycles. The van der Waals surface area contributed by atoms with Gasteiger partial charge in [-0.3, -0.25) is 9.59 Å². The number of para-hydroxylation sites is 1. The Morgan fingerprint density at radius 3 is 2.13 bits per heavy atom. The second-order valence-electron chi connectivity index (χ2n) is 6.97. The number of sulfonamides is 1. The number of hydrogen-bond donors (Lipinski definition) is 0. The lowest BCUT2D eigenvalue weighted by atomic mass is 10.2. The summed E-state index contributed by atoms with van der Waals surface area (Å²) in [5, 5.41) is 0. The molecule has 0 atom stereocenters. The minimum atomic E-state index is -3.68. The molecule has 30 heavy (non-hydrogen) atoms. The van der Waals surface area contributed by atoms with Crippen LogP contribution in [-0.2, 0) is 14.8 Å². The molecule has 0 radical (unpaired) electrons. The van der Waals surface area contributed by atoms with Gasteiger partial charge in [0.25, 0.3) is 5.91 Å². The molecule has 3 rings (SSSR count). The minimum Gasteiger partial charge on any atom is -0.340 e. The predicted molar refractivity (Wildman–Crippen MR) is 116 cm³/mol. The third-order valence-electron chi connectivity index (χ3n) is 5.05. The molecule has 2 aromatic rings. The molecule has 0 N–H and O–H groups in total. The van der Waals surface area contributed by atoms with Gasteiger partial charge in [0.1, 0.15) is 0 Å². The molecule has 8 heteroatoms. The molecular formula is C22H25N3O4S. The van der Waals surface area contributed by atoms with Crippen LogP contribution in [-0.4, -0.2) is 62.2 Å². The molecule has 0 spiro atoms. The summed E-state index contributed by atoms with van der Waals surface area (Å²) in [7, 11) is -3.68. The Hall–Kier alpha value is -2.97. The number of nitrogens with zero attached hydrogens (tertiary/aromatic N) is 3. The van der Waals surface area contributed by atoms with Crippen LogP contribution in [0.2, 0.25) is 0 Å². The number of carbonyl (C=O) groups excluding carboxylic acids is 2. The highest BCUT2D eigenvalue weighted by Gasteiger charge is 2.29. The van der Waals surface area contributed by atoms with E-state index < -0.39 is 10.0 Å². The van der Waals surface area contributed by atoms with E-state index in [1.54, 1.807) is 15.9 Å². The maximum absolute atomic E-state index is 13.0. The summed E-state index contributed by atoms with van der Waals surface area (Å²) < 4.78 is 27.2. The van der Waals surface area contributed by atoms with Gasteiger partial charge in [0.15, 0.2) is 0 Å². The molecule has 0 aromatic heterocycles. The van der Waals surface area contributed by atoms with E-state index in [2.05, 4.69) is 6.58 Å². The van der Waals surface area contributed by atoms with Crippen molar-refractivity contribution in [3.8, 4) is 0 Å². The summed E-state index contributed by atoms with van der Waals surface area (Å²) in [4.78, 5) is 27.8. The van der Waals surface area contributed by atoms with Gasteiger partial charge in [0, 0.05) is 50.9 Å². The van der Waals surface area contributed by atoms with Crippen molar-refractivity contribution >= 4 is 27.5 Å². The molecule has 1 aliphatic heterocycles. The lowest BCUT2D eigenvalue weighted by molar-refractivity contribution is -0.129. The quantitative estimate of drug-likeness (QED) is 0.663. The zero-order valence-electron chi connectivity index (χ0n) is 16.9. The largest absolute Gasteiger partial charge is 0.340 e. The molecular weight excluding hydrogens is 402 g/mol. The maximum Gasteiger partial charge on any atom is 0.258 e. The van der Waals surface area contributed by atoms with Gasteiger partial charge in [0.05, 0.1) is 4.90 Å². The molecule has 0 aliphatic carbocycles. The van der Waals surface area contributed by atoms with E-state index in [1.165, 1.54) is 35.5 Å². The second kappa shape index (κ2) is 9.23. The standard InChI is InChI=1S/C22H25N3O4S/c1-3-13-25(20-7-5-4-6-8-20)22(27)19-9-11-21(12-10-19)30(28,29)24-16-14-23(15-17-24)18(2)26/h3-12H,1,13-17H2,2H3. The molecule has 1 aliphatic rings. The van der Waals surface area contributed by atoms with Gasteiger partial charge in [-0.15, -0.1) is 6.58 Å². The average Bonchev–Trinajstić information content (AvgIpc) is 2.77. The highest BCUT2D eigenvalue weighted by Crippen LogP contribution is 2.21. The smallest absolute Gasteiger partial charge is 0.258 e. The topological polar surface area (TPSA) is 78.0 Å². The minimum absolute atomic E-state index is 0.0580. The summed E-state index contributed by atoms with van der Waals surface area (Å²) in [5.41, 5.74) is 1.13. The van der Waals surface area contributed by atoms with Crippen molar-refractivity contribution in [2.75, 3.05) is 37.6 Å². The average molecular weight is 428 g/mol. The van der Waals surface area contributed by atoms with Gasteiger partial charge in [0.2, 0.25) is 15.9 Å². The van der Waals surface area contributed by atoms with Crippen molar-refractivity contribution in [2.45, 2.75) is 11.8 Å². The van der Waals surface area contributed by atoms with Crippen LogP contribution in [0, 0.1) is 0 Å². The highest BCUT2D eigenvalue weighted by atomic mass is 32.2. The number of carbonyl (C=O) groups is 2.